The number of hydrogen-bond acceptors (Lipinski definition) is 4. The summed E-state index contributed by atoms with van der Waals surface area (Å²) in [5.41, 5.74) is -0.555. The molecule has 1 heterocycles. The smallest absolute Gasteiger partial charge is 0.271 e. The van der Waals surface area contributed by atoms with E-state index >= 15 is 0 Å². The summed E-state index contributed by atoms with van der Waals surface area (Å²) < 4.78 is 1.27. The Bertz CT molecular complexity index is 723. The van der Waals surface area contributed by atoms with Crippen LogP contribution in [-0.4, -0.2) is 27.3 Å². The van der Waals surface area contributed by atoms with E-state index in [1.807, 2.05) is 25.1 Å². The van der Waals surface area contributed by atoms with Gasteiger partial charge < -0.3 is 10.4 Å². The fourth-order valence-corrected chi connectivity index (χ4v) is 2.18. The second-order valence-electron chi connectivity index (χ2n) is 5.60. The van der Waals surface area contributed by atoms with E-state index in [1.165, 1.54) is 16.8 Å². The van der Waals surface area contributed by atoms with Crippen LogP contribution in [0.2, 0.25) is 0 Å². The lowest BCUT2D eigenvalue weighted by atomic mass is 9.96. The van der Waals surface area contributed by atoms with E-state index < -0.39 is 11.5 Å². The molecule has 6 nitrogen and oxygen atoms in total. The van der Waals surface area contributed by atoms with Gasteiger partial charge in [-0.3, -0.25) is 9.59 Å². The molecule has 23 heavy (non-hydrogen) atoms. The summed E-state index contributed by atoms with van der Waals surface area (Å²) in [6, 6.07) is 11.8. The summed E-state index contributed by atoms with van der Waals surface area (Å²) >= 11 is 0. The van der Waals surface area contributed by atoms with Gasteiger partial charge in [0.15, 0.2) is 0 Å². The Balaban J connectivity index is 2.08. The van der Waals surface area contributed by atoms with Crippen molar-refractivity contribution < 1.29 is 9.90 Å². The van der Waals surface area contributed by atoms with Gasteiger partial charge in [0, 0.05) is 12.6 Å². The van der Waals surface area contributed by atoms with Gasteiger partial charge in [0.25, 0.3) is 11.5 Å². The van der Waals surface area contributed by atoms with Crippen LogP contribution < -0.4 is 10.9 Å². The van der Waals surface area contributed by atoms with E-state index in [4.69, 9.17) is 0 Å². The lowest BCUT2D eigenvalue weighted by Gasteiger charge is -2.24. The monoisotopic (exact) mass is 315 g/mol. The quantitative estimate of drug-likeness (QED) is 0.841. The molecule has 0 aliphatic rings. The number of hydrogen-bond donors (Lipinski definition) is 2. The highest BCUT2D eigenvalue weighted by Gasteiger charge is 2.24. The predicted molar refractivity (Wildman–Crippen MR) is 87.1 cm³/mol. The molecule has 1 aromatic carbocycles. The largest absolute Gasteiger partial charge is 0.384 e. The fraction of sp³-hybridized carbons (Fsp3) is 0.353. The first-order valence-electron chi connectivity index (χ1n) is 7.58. The van der Waals surface area contributed by atoms with Crippen molar-refractivity contribution in [3.05, 3.63) is 64.1 Å². The first-order chi connectivity index (χ1) is 10.9. The Morgan fingerprint density at radius 2 is 1.96 bits per heavy atom. The molecule has 2 aromatic rings. The van der Waals surface area contributed by atoms with E-state index in [2.05, 4.69) is 10.4 Å². The number of carbonyl (C=O) groups excluding carboxylic acids is 1. The van der Waals surface area contributed by atoms with E-state index in [1.54, 1.807) is 19.1 Å². The Labute approximate surface area is 134 Å². The molecule has 1 aromatic heterocycles. The lowest BCUT2D eigenvalue weighted by Crippen LogP contribution is -2.39. The average Bonchev–Trinajstić information content (AvgIpc) is 2.56. The molecule has 0 aliphatic heterocycles. The zero-order valence-corrected chi connectivity index (χ0v) is 13.3. The molecule has 2 N–H and O–H groups in total. The average molecular weight is 315 g/mol. The van der Waals surface area contributed by atoms with E-state index in [-0.39, 0.29) is 17.8 Å². The van der Waals surface area contributed by atoms with E-state index in [0.717, 1.165) is 6.42 Å². The Kier molecular flexibility index (Phi) is 5.28. The molecule has 1 unspecified atom stereocenters. The fourth-order valence-electron chi connectivity index (χ4n) is 2.18. The summed E-state index contributed by atoms with van der Waals surface area (Å²) in [6.07, 6.45) is 0.751. The topological polar surface area (TPSA) is 84.2 Å². The normalized spacial score (nSPS) is 13.3. The minimum Gasteiger partial charge on any atom is -0.384 e. The molecule has 0 bridgehead atoms. The van der Waals surface area contributed by atoms with Crippen molar-refractivity contribution in [1.29, 1.82) is 0 Å². The standard InChI is InChI=1S/C17H21N3O3/c1-3-11-20-15(21)10-9-14(19-20)16(22)18-12-17(2,23)13-7-5-4-6-8-13/h4-10,23H,3,11-12H2,1-2H3,(H,18,22). The Morgan fingerprint density at radius 3 is 2.61 bits per heavy atom. The molecule has 122 valence electrons. The molecule has 0 saturated carbocycles. The molecule has 0 fully saturated rings. The van der Waals surface area contributed by atoms with Crippen LogP contribution in [0.5, 0.6) is 0 Å². The summed E-state index contributed by atoms with van der Waals surface area (Å²) in [6.45, 7) is 4.07. The van der Waals surface area contributed by atoms with Gasteiger partial charge in [0.05, 0.1) is 6.54 Å². The third kappa shape index (κ3) is 4.26. The van der Waals surface area contributed by atoms with E-state index in [0.29, 0.717) is 12.1 Å². The van der Waals surface area contributed by atoms with Crippen molar-refractivity contribution in [3.8, 4) is 0 Å². The number of nitrogens with zero attached hydrogens (tertiary/aromatic N) is 2. The minimum absolute atomic E-state index is 0.0461. The van der Waals surface area contributed by atoms with Crippen molar-refractivity contribution in [1.82, 2.24) is 15.1 Å². The third-order valence-electron chi connectivity index (χ3n) is 3.52. The number of aromatic nitrogens is 2. The number of aryl methyl sites for hydroxylation is 1. The number of carbonyl (C=O) groups is 1. The van der Waals surface area contributed by atoms with Crippen molar-refractivity contribution in [3.63, 3.8) is 0 Å². The summed E-state index contributed by atoms with van der Waals surface area (Å²) in [5.74, 6) is -0.425. The number of benzene rings is 1. The molecular weight excluding hydrogens is 294 g/mol. The third-order valence-corrected chi connectivity index (χ3v) is 3.52. The number of rotatable bonds is 6. The van der Waals surface area contributed by atoms with Gasteiger partial charge in [-0.2, -0.15) is 5.10 Å². The second kappa shape index (κ2) is 7.19. The van der Waals surface area contributed by atoms with Gasteiger partial charge in [0.1, 0.15) is 11.3 Å². The maximum absolute atomic E-state index is 12.2. The molecule has 0 aliphatic carbocycles. The highest BCUT2D eigenvalue weighted by Crippen LogP contribution is 2.18. The minimum atomic E-state index is -1.19. The van der Waals surface area contributed by atoms with Gasteiger partial charge in [0.2, 0.25) is 0 Å². The molecular formula is C17H21N3O3. The number of amides is 1. The van der Waals surface area contributed by atoms with Crippen LogP contribution in [0.25, 0.3) is 0 Å². The van der Waals surface area contributed by atoms with Gasteiger partial charge in [-0.15, -0.1) is 0 Å². The van der Waals surface area contributed by atoms with Crippen LogP contribution in [-0.2, 0) is 12.1 Å². The lowest BCUT2D eigenvalue weighted by molar-refractivity contribution is 0.0524. The van der Waals surface area contributed by atoms with Crippen LogP contribution in [0.1, 0.15) is 36.3 Å². The first-order valence-corrected chi connectivity index (χ1v) is 7.58. The number of aliphatic hydroxyl groups is 1. The van der Waals surface area contributed by atoms with Crippen LogP contribution >= 0.6 is 0 Å². The maximum atomic E-state index is 12.2. The molecule has 0 spiro atoms. The Hall–Kier alpha value is -2.47. The van der Waals surface area contributed by atoms with Crippen molar-refractivity contribution in [2.45, 2.75) is 32.4 Å². The zero-order valence-electron chi connectivity index (χ0n) is 13.3. The zero-order chi connectivity index (χ0) is 16.9. The van der Waals surface area contributed by atoms with Crippen LogP contribution in [0, 0.1) is 0 Å². The van der Waals surface area contributed by atoms with Crippen LogP contribution in [0.15, 0.2) is 47.3 Å². The number of nitrogens with one attached hydrogen (secondary N) is 1. The first kappa shape index (κ1) is 16.9. The predicted octanol–water partition coefficient (Wildman–Crippen LogP) is 1.29. The van der Waals surface area contributed by atoms with Crippen molar-refractivity contribution >= 4 is 5.91 Å². The van der Waals surface area contributed by atoms with E-state index in [9.17, 15) is 14.7 Å². The maximum Gasteiger partial charge on any atom is 0.271 e. The van der Waals surface area contributed by atoms with Gasteiger partial charge in [-0.05, 0) is 25.0 Å². The van der Waals surface area contributed by atoms with Gasteiger partial charge in [-0.1, -0.05) is 37.3 Å². The van der Waals surface area contributed by atoms with Crippen molar-refractivity contribution in [2.24, 2.45) is 0 Å². The molecule has 1 amide bonds. The van der Waals surface area contributed by atoms with Crippen LogP contribution in [0.4, 0.5) is 0 Å². The molecule has 2 rings (SSSR count). The Morgan fingerprint density at radius 1 is 1.26 bits per heavy atom. The molecule has 1 atom stereocenters. The van der Waals surface area contributed by atoms with Crippen LogP contribution in [0.3, 0.4) is 0 Å². The molecule has 0 saturated heterocycles. The SMILES string of the molecule is CCCn1nc(C(=O)NCC(C)(O)c2ccccc2)ccc1=O. The summed E-state index contributed by atoms with van der Waals surface area (Å²) in [4.78, 5) is 23.8. The van der Waals surface area contributed by atoms with Gasteiger partial charge in [-0.25, -0.2) is 4.68 Å². The highest BCUT2D eigenvalue weighted by atomic mass is 16.3. The molecule has 0 radical (unpaired) electrons. The second-order valence-corrected chi connectivity index (χ2v) is 5.60. The molecule has 6 heteroatoms. The summed E-state index contributed by atoms with van der Waals surface area (Å²) in [7, 11) is 0. The van der Waals surface area contributed by atoms with Crippen molar-refractivity contribution in [2.75, 3.05) is 6.54 Å². The highest BCUT2D eigenvalue weighted by molar-refractivity contribution is 5.92. The summed E-state index contributed by atoms with van der Waals surface area (Å²) in [5, 5.41) is 17.2. The van der Waals surface area contributed by atoms with Gasteiger partial charge >= 0.3 is 0 Å².